The molecule has 0 saturated carbocycles. The molecule has 1 aliphatic heterocycles. The normalized spacial score (nSPS) is 15.6. The molecule has 0 N–H and O–H groups in total. The summed E-state index contributed by atoms with van der Waals surface area (Å²) in [5.41, 5.74) is 0.574. The Hall–Kier alpha value is -2.85. The van der Waals surface area contributed by atoms with Gasteiger partial charge in [-0.2, -0.15) is 4.31 Å². The number of piperazine rings is 1. The number of nitrogens with zero attached hydrogens (tertiary/aromatic N) is 6. The molecule has 0 atom stereocenters. The van der Waals surface area contributed by atoms with E-state index in [1.165, 1.54) is 34.9 Å². The Morgan fingerprint density at radius 3 is 2.34 bits per heavy atom. The van der Waals surface area contributed by atoms with E-state index in [0.29, 0.717) is 31.7 Å². The maximum atomic E-state index is 13.0. The first-order valence-electron chi connectivity index (χ1n) is 9.22. The van der Waals surface area contributed by atoms with E-state index in [9.17, 15) is 12.8 Å². The summed E-state index contributed by atoms with van der Waals surface area (Å²) in [6.45, 7) is 3.69. The highest BCUT2D eigenvalue weighted by atomic mass is 32.2. The number of aromatic nitrogens is 4. The van der Waals surface area contributed by atoms with Gasteiger partial charge in [0.05, 0.1) is 5.75 Å². The van der Waals surface area contributed by atoms with E-state index in [1.54, 1.807) is 6.20 Å². The van der Waals surface area contributed by atoms with Gasteiger partial charge in [-0.1, -0.05) is 12.1 Å². The molecule has 0 bridgehead atoms. The van der Waals surface area contributed by atoms with Crippen molar-refractivity contribution in [2.75, 3.05) is 31.1 Å². The van der Waals surface area contributed by atoms with Gasteiger partial charge in [-0.05, 0) is 24.6 Å². The average Bonchev–Trinajstić information content (AvgIpc) is 3.16. The average molecular weight is 416 g/mol. The molecule has 1 fully saturated rings. The van der Waals surface area contributed by atoms with Gasteiger partial charge in [0.25, 0.3) is 0 Å². The third kappa shape index (κ3) is 4.28. The van der Waals surface area contributed by atoms with Crippen molar-refractivity contribution in [1.29, 1.82) is 0 Å². The molecule has 0 amide bonds. The second-order valence-corrected chi connectivity index (χ2v) is 8.82. The van der Waals surface area contributed by atoms with Crippen LogP contribution in [0.2, 0.25) is 0 Å². The number of halogens is 1. The molecule has 2 aromatic heterocycles. The van der Waals surface area contributed by atoms with Gasteiger partial charge in [-0.25, -0.2) is 27.8 Å². The monoisotopic (exact) mass is 416 g/mol. The van der Waals surface area contributed by atoms with Crippen molar-refractivity contribution in [2.45, 2.75) is 12.7 Å². The summed E-state index contributed by atoms with van der Waals surface area (Å²) < 4.78 is 41.8. The van der Waals surface area contributed by atoms with Crippen LogP contribution >= 0.6 is 0 Å². The number of sulfonamides is 1. The quantitative estimate of drug-likeness (QED) is 0.630. The van der Waals surface area contributed by atoms with E-state index < -0.39 is 10.0 Å². The summed E-state index contributed by atoms with van der Waals surface area (Å²) in [4.78, 5) is 14.9. The van der Waals surface area contributed by atoms with Gasteiger partial charge in [-0.3, -0.25) is 4.57 Å². The first kappa shape index (κ1) is 19.5. The zero-order chi connectivity index (χ0) is 20.4. The highest BCUT2D eigenvalue weighted by molar-refractivity contribution is 7.88. The van der Waals surface area contributed by atoms with E-state index in [-0.39, 0.29) is 11.6 Å². The summed E-state index contributed by atoms with van der Waals surface area (Å²) in [6, 6.07) is 7.43. The molecule has 1 aliphatic rings. The van der Waals surface area contributed by atoms with Crippen LogP contribution in [-0.2, 0) is 15.8 Å². The fourth-order valence-corrected chi connectivity index (χ4v) is 4.86. The van der Waals surface area contributed by atoms with Crippen molar-refractivity contribution in [2.24, 2.45) is 0 Å². The largest absolute Gasteiger partial charge is 0.354 e. The predicted octanol–water partition coefficient (Wildman–Crippen LogP) is 1.76. The van der Waals surface area contributed by atoms with Crippen LogP contribution in [0.4, 0.5) is 10.2 Å². The summed E-state index contributed by atoms with van der Waals surface area (Å²) in [7, 11) is -3.47. The van der Waals surface area contributed by atoms with E-state index in [2.05, 4.69) is 15.0 Å². The lowest BCUT2D eigenvalue weighted by atomic mass is 10.2. The van der Waals surface area contributed by atoms with E-state index in [0.717, 1.165) is 17.5 Å². The number of rotatable bonds is 5. The molecule has 0 radical (unpaired) electrons. The van der Waals surface area contributed by atoms with Crippen LogP contribution in [0.1, 0.15) is 11.4 Å². The number of hydrogen-bond acceptors (Lipinski definition) is 6. The molecule has 3 heterocycles. The Morgan fingerprint density at radius 2 is 1.69 bits per heavy atom. The minimum absolute atomic E-state index is 0.134. The first-order chi connectivity index (χ1) is 13.9. The molecular weight excluding hydrogens is 395 g/mol. The summed E-state index contributed by atoms with van der Waals surface area (Å²) >= 11 is 0. The van der Waals surface area contributed by atoms with Gasteiger partial charge >= 0.3 is 0 Å². The Kier molecular flexibility index (Phi) is 5.29. The summed E-state index contributed by atoms with van der Waals surface area (Å²) in [6.07, 6.45) is 5.05. The highest BCUT2D eigenvalue weighted by Gasteiger charge is 2.27. The predicted molar refractivity (Wildman–Crippen MR) is 107 cm³/mol. The standard InChI is InChI=1S/C19H21FN6O2S/c1-15-21-6-7-26(15)19-12-18(22-14-23-19)24-8-10-25(11-9-24)29(27,28)13-16-2-4-17(20)5-3-16/h2-7,12,14H,8-11,13H2,1H3. The molecular formula is C19H21FN6O2S. The molecule has 1 aromatic carbocycles. The third-order valence-electron chi connectivity index (χ3n) is 4.93. The Labute approximate surface area is 168 Å². The lowest BCUT2D eigenvalue weighted by Gasteiger charge is -2.34. The fraction of sp³-hybridized carbons (Fsp3) is 0.316. The highest BCUT2D eigenvalue weighted by Crippen LogP contribution is 2.19. The minimum Gasteiger partial charge on any atom is -0.354 e. The molecule has 0 unspecified atom stereocenters. The van der Waals surface area contributed by atoms with Crippen molar-refractivity contribution in [3.63, 3.8) is 0 Å². The SMILES string of the molecule is Cc1nccn1-c1cc(N2CCN(S(=O)(=O)Cc3ccc(F)cc3)CC2)ncn1. The minimum atomic E-state index is -3.47. The van der Waals surface area contributed by atoms with E-state index in [4.69, 9.17) is 0 Å². The fourth-order valence-electron chi connectivity index (χ4n) is 3.34. The van der Waals surface area contributed by atoms with Crippen molar-refractivity contribution in [1.82, 2.24) is 23.8 Å². The zero-order valence-electron chi connectivity index (χ0n) is 15.9. The number of imidazole rings is 1. The van der Waals surface area contributed by atoms with Gasteiger partial charge in [0.1, 0.15) is 29.6 Å². The lowest BCUT2D eigenvalue weighted by Crippen LogP contribution is -2.49. The maximum absolute atomic E-state index is 13.0. The van der Waals surface area contributed by atoms with Crippen molar-refractivity contribution >= 4 is 15.8 Å². The van der Waals surface area contributed by atoms with Gasteiger partial charge in [0.15, 0.2) is 0 Å². The Morgan fingerprint density at radius 1 is 1.00 bits per heavy atom. The van der Waals surface area contributed by atoms with Crippen molar-refractivity contribution in [3.8, 4) is 5.82 Å². The van der Waals surface area contributed by atoms with E-state index >= 15 is 0 Å². The van der Waals surface area contributed by atoms with Crippen LogP contribution < -0.4 is 4.90 Å². The van der Waals surface area contributed by atoms with Gasteiger partial charge in [0.2, 0.25) is 10.0 Å². The smallest absolute Gasteiger partial charge is 0.218 e. The molecule has 4 rings (SSSR count). The number of benzene rings is 1. The van der Waals surface area contributed by atoms with Gasteiger partial charge in [0, 0.05) is 44.6 Å². The van der Waals surface area contributed by atoms with E-state index in [1.807, 2.05) is 28.7 Å². The van der Waals surface area contributed by atoms with Gasteiger partial charge in [-0.15, -0.1) is 0 Å². The van der Waals surface area contributed by atoms with Crippen LogP contribution in [0.25, 0.3) is 5.82 Å². The molecule has 1 saturated heterocycles. The second kappa shape index (κ2) is 7.88. The third-order valence-corrected chi connectivity index (χ3v) is 6.78. The topological polar surface area (TPSA) is 84.2 Å². The molecule has 152 valence electrons. The van der Waals surface area contributed by atoms with Crippen LogP contribution in [0.5, 0.6) is 0 Å². The molecule has 3 aromatic rings. The molecule has 0 spiro atoms. The van der Waals surface area contributed by atoms with Crippen LogP contribution in [-0.4, -0.2) is 58.4 Å². The number of anilines is 1. The van der Waals surface area contributed by atoms with Crippen LogP contribution in [0.15, 0.2) is 49.1 Å². The van der Waals surface area contributed by atoms with Crippen molar-refractivity contribution in [3.05, 3.63) is 66.3 Å². The van der Waals surface area contributed by atoms with Crippen molar-refractivity contribution < 1.29 is 12.8 Å². The number of hydrogen-bond donors (Lipinski definition) is 0. The molecule has 0 aliphatic carbocycles. The van der Waals surface area contributed by atoms with Crippen LogP contribution in [0.3, 0.4) is 0 Å². The number of aryl methyl sites for hydroxylation is 1. The Balaban J connectivity index is 1.43. The summed E-state index contributed by atoms with van der Waals surface area (Å²) in [5.74, 6) is 1.78. The maximum Gasteiger partial charge on any atom is 0.218 e. The molecule has 10 heteroatoms. The summed E-state index contributed by atoms with van der Waals surface area (Å²) in [5, 5.41) is 0. The zero-order valence-corrected chi connectivity index (χ0v) is 16.8. The second-order valence-electron chi connectivity index (χ2n) is 6.85. The molecule has 8 nitrogen and oxygen atoms in total. The van der Waals surface area contributed by atoms with Gasteiger partial charge < -0.3 is 4.90 Å². The first-order valence-corrected chi connectivity index (χ1v) is 10.8. The Bertz CT molecular complexity index is 1090. The lowest BCUT2D eigenvalue weighted by molar-refractivity contribution is 0.383. The van der Waals surface area contributed by atoms with Crippen LogP contribution in [0, 0.1) is 12.7 Å². The molecule has 29 heavy (non-hydrogen) atoms.